The van der Waals surface area contributed by atoms with Crippen molar-refractivity contribution in [3.8, 4) is 22.8 Å². The largest absolute Gasteiger partial charge is 0.493 e. The van der Waals surface area contributed by atoms with E-state index in [9.17, 15) is 14.4 Å². The minimum absolute atomic E-state index is 0.0333. The Hall–Kier alpha value is -4.14. The molecule has 0 aliphatic carbocycles. The molecule has 4 rings (SSSR count). The summed E-state index contributed by atoms with van der Waals surface area (Å²) in [5.41, 5.74) is 2.65. The highest BCUT2D eigenvalue weighted by molar-refractivity contribution is 5.94. The van der Waals surface area contributed by atoms with Crippen LogP contribution in [0.2, 0.25) is 0 Å². The maximum atomic E-state index is 12.9. The molecule has 1 amide bonds. The van der Waals surface area contributed by atoms with E-state index in [1.807, 2.05) is 30.3 Å². The first-order chi connectivity index (χ1) is 16.9. The molecule has 1 aliphatic heterocycles. The second-order valence-corrected chi connectivity index (χ2v) is 8.26. The highest BCUT2D eigenvalue weighted by Gasteiger charge is 2.22. The Labute approximate surface area is 203 Å². The number of Topliss-reactive ketones (excluding diaryl/α,β-unsaturated/α-hetero) is 1. The number of methoxy groups -OCH3 is 2. The predicted molar refractivity (Wildman–Crippen MR) is 132 cm³/mol. The molecule has 0 N–H and O–H groups in total. The van der Waals surface area contributed by atoms with Crippen LogP contribution in [0.1, 0.15) is 17.3 Å². The average molecular weight is 477 g/mol. The van der Waals surface area contributed by atoms with Gasteiger partial charge in [-0.3, -0.25) is 14.4 Å². The molecule has 2 aromatic carbocycles. The molecule has 0 radical (unpaired) electrons. The Morgan fingerprint density at radius 2 is 1.57 bits per heavy atom. The third kappa shape index (κ3) is 5.34. The molecule has 0 unspecified atom stereocenters. The van der Waals surface area contributed by atoms with Gasteiger partial charge in [0.1, 0.15) is 6.54 Å². The number of amides is 1. The number of carbonyl (C=O) groups excluding carboxylic acids is 2. The normalized spacial score (nSPS) is 13.5. The highest BCUT2D eigenvalue weighted by atomic mass is 16.5. The molecule has 1 aromatic heterocycles. The number of benzene rings is 2. The molecule has 0 atom stereocenters. The summed E-state index contributed by atoms with van der Waals surface area (Å²) in [5.74, 6) is 1.02. The van der Waals surface area contributed by atoms with Crippen molar-refractivity contribution < 1.29 is 19.1 Å². The quantitative estimate of drug-likeness (QED) is 0.484. The van der Waals surface area contributed by atoms with Crippen molar-refractivity contribution in [3.63, 3.8) is 0 Å². The Morgan fingerprint density at radius 1 is 0.886 bits per heavy atom. The van der Waals surface area contributed by atoms with Crippen LogP contribution < -0.4 is 19.9 Å². The summed E-state index contributed by atoms with van der Waals surface area (Å²) >= 11 is 0. The fourth-order valence-corrected chi connectivity index (χ4v) is 4.06. The van der Waals surface area contributed by atoms with Gasteiger partial charge in [-0.1, -0.05) is 0 Å². The van der Waals surface area contributed by atoms with Crippen molar-refractivity contribution in [1.29, 1.82) is 0 Å². The monoisotopic (exact) mass is 476 g/mol. The molecular formula is C26H28N4O5. The van der Waals surface area contributed by atoms with Crippen LogP contribution in [0.25, 0.3) is 11.3 Å². The number of rotatable bonds is 7. The van der Waals surface area contributed by atoms with E-state index in [-0.39, 0.29) is 23.8 Å². The molecular weight excluding hydrogens is 448 g/mol. The molecule has 9 nitrogen and oxygen atoms in total. The third-order valence-corrected chi connectivity index (χ3v) is 6.10. The molecule has 0 saturated carbocycles. The molecule has 1 aliphatic rings. The minimum atomic E-state index is -0.341. The lowest BCUT2D eigenvalue weighted by molar-refractivity contribution is -0.132. The van der Waals surface area contributed by atoms with Crippen molar-refractivity contribution in [2.45, 2.75) is 13.5 Å². The van der Waals surface area contributed by atoms with Gasteiger partial charge in [0.25, 0.3) is 5.56 Å². The van der Waals surface area contributed by atoms with Crippen molar-refractivity contribution in [2.75, 3.05) is 45.3 Å². The third-order valence-electron chi connectivity index (χ3n) is 6.10. The lowest BCUT2D eigenvalue weighted by Gasteiger charge is -2.36. The SMILES string of the molecule is COc1ccc(-c2ccc(=O)n(CC(=O)N3CCN(c4ccc(C(C)=O)cc4)CC3)n2)cc1OC. The van der Waals surface area contributed by atoms with E-state index in [0.717, 1.165) is 11.3 Å². The maximum absolute atomic E-state index is 12.9. The van der Waals surface area contributed by atoms with Gasteiger partial charge in [-0.15, -0.1) is 0 Å². The summed E-state index contributed by atoms with van der Waals surface area (Å²) in [7, 11) is 3.11. The second-order valence-electron chi connectivity index (χ2n) is 8.26. The lowest BCUT2D eigenvalue weighted by atomic mass is 10.1. The van der Waals surface area contributed by atoms with E-state index < -0.39 is 0 Å². The number of hydrogen-bond acceptors (Lipinski definition) is 7. The van der Waals surface area contributed by atoms with Gasteiger partial charge in [0.2, 0.25) is 5.91 Å². The van der Waals surface area contributed by atoms with E-state index in [4.69, 9.17) is 9.47 Å². The average Bonchev–Trinajstić information content (AvgIpc) is 2.89. The van der Waals surface area contributed by atoms with Gasteiger partial charge >= 0.3 is 0 Å². The van der Waals surface area contributed by atoms with Gasteiger partial charge in [-0.05, 0) is 55.5 Å². The van der Waals surface area contributed by atoms with Crippen LogP contribution >= 0.6 is 0 Å². The number of carbonyl (C=O) groups is 2. The number of aromatic nitrogens is 2. The lowest BCUT2D eigenvalue weighted by Crippen LogP contribution is -2.50. The van der Waals surface area contributed by atoms with E-state index in [1.165, 1.54) is 10.7 Å². The number of ketones is 1. The number of hydrogen-bond donors (Lipinski definition) is 0. The Balaban J connectivity index is 1.42. The van der Waals surface area contributed by atoms with Crippen LogP contribution in [0.4, 0.5) is 5.69 Å². The molecule has 9 heteroatoms. The predicted octanol–water partition coefficient (Wildman–Crippen LogP) is 2.48. The number of piperazine rings is 1. The van der Waals surface area contributed by atoms with Crippen molar-refractivity contribution in [1.82, 2.24) is 14.7 Å². The topological polar surface area (TPSA) is 94.0 Å². The molecule has 35 heavy (non-hydrogen) atoms. The molecule has 3 aromatic rings. The number of nitrogens with zero attached hydrogens (tertiary/aromatic N) is 4. The fourth-order valence-electron chi connectivity index (χ4n) is 4.06. The van der Waals surface area contributed by atoms with Crippen LogP contribution in [0.15, 0.2) is 59.4 Å². The van der Waals surface area contributed by atoms with Gasteiger partial charge in [0, 0.05) is 49.1 Å². The molecule has 1 saturated heterocycles. The smallest absolute Gasteiger partial charge is 0.267 e. The Kier molecular flexibility index (Phi) is 7.14. The molecule has 0 spiro atoms. The zero-order valence-electron chi connectivity index (χ0n) is 20.1. The van der Waals surface area contributed by atoms with Gasteiger partial charge in [-0.25, -0.2) is 4.68 Å². The maximum Gasteiger partial charge on any atom is 0.267 e. The van der Waals surface area contributed by atoms with Gasteiger partial charge < -0.3 is 19.3 Å². The van der Waals surface area contributed by atoms with Crippen LogP contribution in [0.3, 0.4) is 0 Å². The van der Waals surface area contributed by atoms with Crippen molar-refractivity contribution in [3.05, 3.63) is 70.5 Å². The summed E-state index contributed by atoms with van der Waals surface area (Å²) in [5, 5.41) is 4.42. The zero-order valence-corrected chi connectivity index (χ0v) is 20.1. The second kappa shape index (κ2) is 10.4. The zero-order chi connectivity index (χ0) is 24.9. The van der Waals surface area contributed by atoms with Crippen molar-refractivity contribution in [2.24, 2.45) is 0 Å². The molecule has 0 bridgehead atoms. The van der Waals surface area contributed by atoms with Crippen LogP contribution in [0.5, 0.6) is 11.5 Å². The van der Waals surface area contributed by atoms with E-state index in [1.54, 1.807) is 44.2 Å². The first kappa shape index (κ1) is 24.0. The summed E-state index contributed by atoms with van der Waals surface area (Å²) in [6.45, 7) is 3.82. The van der Waals surface area contributed by atoms with E-state index >= 15 is 0 Å². The van der Waals surface area contributed by atoms with E-state index in [2.05, 4.69) is 10.00 Å². The summed E-state index contributed by atoms with van der Waals surface area (Å²) in [6, 6.07) is 15.9. The van der Waals surface area contributed by atoms with Crippen molar-refractivity contribution >= 4 is 17.4 Å². The summed E-state index contributed by atoms with van der Waals surface area (Å²) in [6.07, 6.45) is 0. The standard InChI is InChI=1S/C26H28N4O5/c1-18(31)19-4-7-21(8-5-19)28-12-14-29(15-13-28)26(33)17-30-25(32)11-9-22(27-30)20-6-10-23(34-2)24(16-20)35-3/h4-11,16H,12-15,17H2,1-3H3. The summed E-state index contributed by atoms with van der Waals surface area (Å²) in [4.78, 5) is 40.8. The van der Waals surface area contributed by atoms with Gasteiger partial charge in [0.15, 0.2) is 17.3 Å². The van der Waals surface area contributed by atoms with Crippen LogP contribution in [-0.2, 0) is 11.3 Å². The Morgan fingerprint density at radius 3 is 2.20 bits per heavy atom. The number of ether oxygens (including phenoxy) is 2. The molecule has 182 valence electrons. The van der Waals surface area contributed by atoms with Gasteiger partial charge in [-0.2, -0.15) is 5.10 Å². The minimum Gasteiger partial charge on any atom is -0.493 e. The van der Waals surface area contributed by atoms with E-state index in [0.29, 0.717) is 48.9 Å². The summed E-state index contributed by atoms with van der Waals surface area (Å²) < 4.78 is 11.8. The molecule has 2 heterocycles. The highest BCUT2D eigenvalue weighted by Crippen LogP contribution is 2.31. The first-order valence-electron chi connectivity index (χ1n) is 11.3. The first-order valence-corrected chi connectivity index (χ1v) is 11.3. The van der Waals surface area contributed by atoms with Crippen LogP contribution in [0, 0.1) is 0 Å². The fraction of sp³-hybridized carbons (Fsp3) is 0.308. The molecule has 1 fully saturated rings. The van der Waals surface area contributed by atoms with Gasteiger partial charge in [0.05, 0.1) is 19.9 Å². The Bertz CT molecular complexity index is 1280. The number of anilines is 1. The van der Waals surface area contributed by atoms with Crippen LogP contribution in [-0.4, -0.2) is 66.8 Å².